The van der Waals surface area contributed by atoms with Crippen LogP contribution in [0.5, 0.6) is 0 Å². The molecule has 0 saturated heterocycles. The van der Waals surface area contributed by atoms with E-state index in [1.807, 2.05) is 11.5 Å². The zero-order valence-electron chi connectivity index (χ0n) is 9.77. The molecule has 17 heavy (non-hydrogen) atoms. The van der Waals surface area contributed by atoms with Crippen molar-refractivity contribution in [3.63, 3.8) is 0 Å². The molecule has 3 nitrogen and oxygen atoms in total. The van der Waals surface area contributed by atoms with E-state index in [0.717, 1.165) is 36.7 Å². The highest BCUT2D eigenvalue weighted by Crippen LogP contribution is 2.23. The van der Waals surface area contributed by atoms with Crippen LogP contribution in [0.25, 0.3) is 0 Å². The minimum Gasteiger partial charge on any atom is -0.332 e. The molecule has 96 valence electrons. The molecule has 2 rings (SSSR count). The number of nitrogens with zero attached hydrogens (tertiary/aromatic N) is 2. The van der Waals surface area contributed by atoms with E-state index in [-0.39, 0.29) is 6.42 Å². The smallest absolute Gasteiger partial charge is 0.332 e. The van der Waals surface area contributed by atoms with Gasteiger partial charge in [0, 0.05) is 38.2 Å². The van der Waals surface area contributed by atoms with E-state index in [2.05, 4.69) is 10.3 Å². The molecule has 1 aromatic rings. The van der Waals surface area contributed by atoms with Crippen LogP contribution >= 0.6 is 0 Å². The third-order valence-corrected chi connectivity index (χ3v) is 3.02. The summed E-state index contributed by atoms with van der Waals surface area (Å²) in [5.74, 6) is 0.820. The topological polar surface area (TPSA) is 29.9 Å². The molecule has 0 unspecified atom stereocenters. The van der Waals surface area contributed by atoms with Crippen LogP contribution in [0.1, 0.15) is 30.1 Å². The highest BCUT2D eigenvalue weighted by Gasteiger charge is 2.26. The Balaban J connectivity index is 2.03. The predicted molar refractivity (Wildman–Crippen MR) is 57.7 cm³/mol. The molecule has 0 atom stereocenters. The first-order chi connectivity index (χ1) is 7.97. The standard InChI is InChI=1S/C11H16F3N3/c1-8-16-9-7-15-5-3-10(9)17(8)6-2-4-11(12,13)14/h15H,2-7H2,1H3. The molecule has 0 amide bonds. The van der Waals surface area contributed by atoms with Gasteiger partial charge in [0.25, 0.3) is 0 Å². The summed E-state index contributed by atoms with van der Waals surface area (Å²) >= 11 is 0. The number of hydrogen-bond acceptors (Lipinski definition) is 2. The van der Waals surface area contributed by atoms with Crippen LogP contribution in [-0.2, 0) is 19.5 Å². The van der Waals surface area contributed by atoms with Gasteiger partial charge < -0.3 is 9.88 Å². The Morgan fingerprint density at radius 2 is 2.18 bits per heavy atom. The lowest BCUT2D eigenvalue weighted by molar-refractivity contribution is -0.135. The number of rotatable bonds is 3. The van der Waals surface area contributed by atoms with E-state index in [9.17, 15) is 13.2 Å². The van der Waals surface area contributed by atoms with Crippen molar-refractivity contribution in [2.75, 3.05) is 6.54 Å². The van der Waals surface area contributed by atoms with E-state index in [1.54, 1.807) is 0 Å². The molecule has 0 spiro atoms. The van der Waals surface area contributed by atoms with E-state index in [1.165, 1.54) is 0 Å². The number of nitrogens with one attached hydrogen (secondary N) is 1. The fourth-order valence-corrected chi connectivity index (χ4v) is 2.24. The molecule has 0 radical (unpaired) electrons. The number of aryl methyl sites for hydroxylation is 1. The third kappa shape index (κ3) is 3.00. The SMILES string of the molecule is Cc1nc2c(n1CCCC(F)(F)F)CCNC2. The zero-order valence-corrected chi connectivity index (χ0v) is 9.77. The van der Waals surface area contributed by atoms with Gasteiger partial charge in [-0.2, -0.15) is 13.2 Å². The molecule has 0 aromatic carbocycles. The summed E-state index contributed by atoms with van der Waals surface area (Å²) in [6, 6.07) is 0. The Morgan fingerprint density at radius 1 is 1.41 bits per heavy atom. The number of alkyl halides is 3. The molecule has 0 saturated carbocycles. The Morgan fingerprint density at radius 3 is 2.88 bits per heavy atom. The molecule has 1 aromatic heterocycles. The zero-order chi connectivity index (χ0) is 12.5. The molecule has 6 heteroatoms. The average molecular weight is 247 g/mol. The van der Waals surface area contributed by atoms with Gasteiger partial charge in [0.05, 0.1) is 5.69 Å². The molecule has 1 aliphatic rings. The Kier molecular flexibility index (Phi) is 3.42. The second kappa shape index (κ2) is 4.68. The first-order valence-corrected chi connectivity index (χ1v) is 5.80. The van der Waals surface area contributed by atoms with Crippen molar-refractivity contribution in [2.45, 2.75) is 45.5 Å². The molecule has 0 bridgehead atoms. The molecule has 1 N–H and O–H groups in total. The number of imidazole rings is 1. The maximum Gasteiger partial charge on any atom is 0.389 e. The second-order valence-electron chi connectivity index (χ2n) is 4.35. The van der Waals surface area contributed by atoms with Crippen LogP contribution in [0.2, 0.25) is 0 Å². The maximum absolute atomic E-state index is 12.1. The lowest BCUT2D eigenvalue weighted by Gasteiger charge is -2.16. The number of halogens is 3. The van der Waals surface area contributed by atoms with Crippen molar-refractivity contribution in [3.05, 3.63) is 17.2 Å². The van der Waals surface area contributed by atoms with Gasteiger partial charge in [0.1, 0.15) is 5.82 Å². The van der Waals surface area contributed by atoms with Gasteiger partial charge in [-0.05, 0) is 13.3 Å². The van der Waals surface area contributed by atoms with E-state index < -0.39 is 12.6 Å². The summed E-state index contributed by atoms with van der Waals surface area (Å²) in [6.45, 7) is 3.86. The lowest BCUT2D eigenvalue weighted by Crippen LogP contribution is -2.25. The molecule has 1 aliphatic heterocycles. The van der Waals surface area contributed by atoms with Crippen LogP contribution < -0.4 is 5.32 Å². The third-order valence-electron chi connectivity index (χ3n) is 3.02. The highest BCUT2D eigenvalue weighted by molar-refractivity contribution is 5.19. The van der Waals surface area contributed by atoms with Crippen molar-refractivity contribution < 1.29 is 13.2 Å². The first kappa shape index (κ1) is 12.4. The van der Waals surface area contributed by atoms with Gasteiger partial charge in [-0.15, -0.1) is 0 Å². The summed E-state index contributed by atoms with van der Waals surface area (Å²) < 4.78 is 38.2. The van der Waals surface area contributed by atoms with Gasteiger partial charge in [0.15, 0.2) is 0 Å². The highest BCUT2D eigenvalue weighted by atomic mass is 19.4. The van der Waals surface area contributed by atoms with Gasteiger partial charge in [0.2, 0.25) is 0 Å². The number of fused-ring (bicyclic) bond motifs is 1. The second-order valence-corrected chi connectivity index (χ2v) is 4.35. The van der Waals surface area contributed by atoms with Gasteiger partial charge in [-0.1, -0.05) is 0 Å². The normalized spacial score (nSPS) is 16.0. The summed E-state index contributed by atoms with van der Waals surface area (Å²) in [6.07, 6.45) is -3.81. The van der Waals surface area contributed by atoms with Crippen LogP contribution in [0.4, 0.5) is 13.2 Å². The summed E-state index contributed by atoms with van der Waals surface area (Å²) in [5, 5.41) is 3.21. The minimum atomic E-state index is -4.06. The average Bonchev–Trinajstić information content (AvgIpc) is 2.54. The number of hydrogen-bond donors (Lipinski definition) is 1. The largest absolute Gasteiger partial charge is 0.389 e. The maximum atomic E-state index is 12.1. The quantitative estimate of drug-likeness (QED) is 0.887. The van der Waals surface area contributed by atoms with Crippen LogP contribution in [0.3, 0.4) is 0 Å². The number of aromatic nitrogens is 2. The Bertz CT molecular complexity index is 395. The fraction of sp³-hybridized carbons (Fsp3) is 0.727. The van der Waals surface area contributed by atoms with Crippen LogP contribution in [-0.4, -0.2) is 22.3 Å². The van der Waals surface area contributed by atoms with E-state index in [4.69, 9.17) is 0 Å². The van der Waals surface area contributed by atoms with Gasteiger partial charge in [-0.25, -0.2) is 4.98 Å². The van der Waals surface area contributed by atoms with Crippen molar-refractivity contribution in [3.8, 4) is 0 Å². The summed E-state index contributed by atoms with van der Waals surface area (Å²) in [7, 11) is 0. The van der Waals surface area contributed by atoms with Gasteiger partial charge >= 0.3 is 6.18 Å². The first-order valence-electron chi connectivity index (χ1n) is 5.80. The molecule has 0 aliphatic carbocycles. The lowest BCUT2D eigenvalue weighted by atomic mass is 10.2. The van der Waals surface area contributed by atoms with Crippen molar-refractivity contribution in [1.29, 1.82) is 0 Å². The van der Waals surface area contributed by atoms with Gasteiger partial charge in [-0.3, -0.25) is 0 Å². The van der Waals surface area contributed by atoms with Crippen molar-refractivity contribution in [2.24, 2.45) is 0 Å². The molecule has 0 fully saturated rings. The van der Waals surface area contributed by atoms with Crippen molar-refractivity contribution in [1.82, 2.24) is 14.9 Å². The minimum absolute atomic E-state index is 0.126. The summed E-state index contributed by atoms with van der Waals surface area (Å²) in [5.41, 5.74) is 2.09. The predicted octanol–water partition coefficient (Wildman–Crippen LogP) is 2.18. The molecular weight excluding hydrogens is 231 g/mol. The Labute approximate surface area is 98.0 Å². The van der Waals surface area contributed by atoms with Crippen molar-refractivity contribution >= 4 is 0 Å². The molecule has 2 heterocycles. The van der Waals surface area contributed by atoms with E-state index in [0.29, 0.717) is 6.54 Å². The van der Waals surface area contributed by atoms with Crippen LogP contribution in [0.15, 0.2) is 0 Å². The fourth-order valence-electron chi connectivity index (χ4n) is 2.24. The monoisotopic (exact) mass is 247 g/mol. The van der Waals surface area contributed by atoms with E-state index >= 15 is 0 Å². The summed E-state index contributed by atoms with van der Waals surface area (Å²) in [4.78, 5) is 4.39. The van der Waals surface area contributed by atoms with Crippen LogP contribution in [0, 0.1) is 6.92 Å². The molecular formula is C11H16F3N3. The Hall–Kier alpha value is -1.04.